The van der Waals surface area contributed by atoms with Gasteiger partial charge in [-0.3, -0.25) is 4.55 Å². The highest BCUT2D eigenvalue weighted by Crippen LogP contribution is 2.22. The molecule has 4 nitrogen and oxygen atoms in total. The predicted octanol–water partition coefficient (Wildman–Crippen LogP) is 2.53. The molecule has 0 unspecified atom stereocenters. The Balaban J connectivity index is 0.000000187. The quantitative estimate of drug-likeness (QED) is 0.586. The van der Waals surface area contributed by atoms with Gasteiger partial charge in [-0.05, 0) is 24.1 Å². The number of para-hydroxylation sites is 1. The van der Waals surface area contributed by atoms with Crippen molar-refractivity contribution in [1.29, 1.82) is 0 Å². The Hall–Kier alpha value is -1.54. The highest BCUT2D eigenvalue weighted by Gasteiger charge is 2.44. The first-order valence-electron chi connectivity index (χ1n) is 4.65. The van der Waals surface area contributed by atoms with E-state index in [0.717, 1.165) is 12.2 Å². The molecule has 0 saturated carbocycles. The molecule has 0 aliphatic carbocycles. The number of benzene rings is 1. The van der Waals surface area contributed by atoms with Gasteiger partial charge >= 0.3 is 15.6 Å². The van der Waals surface area contributed by atoms with Crippen LogP contribution in [0, 0.1) is 0 Å². The number of halogens is 3. The fraction of sp³-hybridized carbons (Fsp3) is 0.200. The molecule has 1 aliphatic rings. The Morgan fingerprint density at radius 3 is 2.28 bits per heavy atom. The van der Waals surface area contributed by atoms with Crippen molar-refractivity contribution in [2.45, 2.75) is 11.9 Å². The minimum Gasteiger partial charge on any atom is -0.465 e. The first-order valence-corrected chi connectivity index (χ1v) is 6.09. The minimum atomic E-state index is -5.84. The van der Waals surface area contributed by atoms with Crippen molar-refractivity contribution in [3.8, 4) is 5.75 Å². The van der Waals surface area contributed by atoms with E-state index < -0.39 is 15.6 Å². The van der Waals surface area contributed by atoms with Gasteiger partial charge in [0.2, 0.25) is 0 Å². The number of rotatable bonds is 0. The molecule has 1 heterocycles. The normalized spacial score (nSPS) is 14.0. The maximum absolute atomic E-state index is 10.7. The van der Waals surface area contributed by atoms with Gasteiger partial charge in [0.1, 0.15) is 5.75 Å². The average Bonchev–Trinajstić information content (AvgIpc) is 2.27. The van der Waals surface area contributed by atoms with Crippen LogP contribution in [0.4, 0.5) is 13.2 Å². The van der Waals surface area contributed by atoms with Gasteiger partial charge in [-0.25, -0.2) is 0 Å². The lowest BCUT2D eigenvalue weighted by Crippen LogP contribution is -2.21. The van der Waals surface area contributed by atoms with Crippen LogP contribution in [0.2, 0.25) is 0 Å². The van der Waals surface area contributed by atoms with Crippen molar-refractivity contribution in [3.63, 3.8) is 0 Å². The van der Waals surface area contributed by atoms with Crippen molar-refractivity contribution in [3.05, 3.63) is 42.2 Å². The van der Waals surface area contributed by atoms with E-state index >= 15 is 0 Å². The Morgan fingerprint density at radius 2 is 1.78 bits per heavy atom. The van der Waals surface area contributed by atoms with Crippen LogP contribution in [0.1, 0.15) is 5.56 Å². The zero-order valence-electron chi connectivity index (χ0n) is 8.89. The van der Waals surface area contributed by atoms with E-state index in [-0.39, 0.29) is 0 Å². The zero-order chi connectivity index (χ0) is 13.8. The van der Waals surface area contributed by atoms with Crippen LogP contribution in [-0.4, -0.2) is 18.5 Å². The van der Waals surface area contributed by atoms with Gasteiger partial charge in [0.25, 0.3) is 0 Å². The SMILES string of the molecule is C1=COc2ccccc2C1.O=S(=O)(O)C(F)(F)F. The molecule has 1 N–H and O–H groups in total. The number of ether oxygens (including phenoxy) is 1. The molecule has 0 saturated heterocycles. The molecule has 100 valence electrons. The fourth-order valence-corrected chi connectivity index (χ4v) is 1.08. The third-order valence-electron chi connectivity index (χ3n) is 1.89. The lowest BCUT2D eigenvalue weighted by molar-refractivity contribution is -0.0510. The van der Waals surface area contributed by atoms with Crippen molar-refractivity contribution < 1.29 is 30.9 Å². The highest BCUT2D eigenvalue weighted by molar-refractivity contribution is 7.86. The molecule has 18 heavy (non-hydrogen) atoms. The maximum Gasteiger partial charge on any atom is 0.522 e. The second-order valence-corrected chi connectivity index (χ2v) is 4.64. The van der Waals surface area contributed by atoms with E-state index in [9.17, 15) is 13.2 Å². The molecule has 1 aliphatic heterocycles. The van der Waals surface area contributed by atoms with Gasteiger partial charge in [0.05, 0.1) is 6.26 Å². The van der Waals surface area contributed by atoms with Crippen LogP contribution in [0.15, 0.2) is 36.6 Å². The molecule has 1 aromatic carbocycles. The Bertz CT molecular complexity index is 507. The average molecular weight is 282 g/mol. The minimum absolute atomic E-state index is 0.991. The van der Waals surface area contributed by atoms with Crippen LogP contribution in [0.25, 0.3) is 0 Å². The molecule has 0 amide bonds. The molecule has 0 atom stereocenters. The van der Waals surface area contributed by atoms with Gasteiger partial charge in [-0.1, -0.05) is 18.2 Å². The zero-order valence-corrected chi connectivity index (χ0v) is 9.70. The Morgan fingerprint density at radius 1 is 1.22 bits per heavy atom. The molecular formula is C10H9F3O4S. The summed E-state index contributed by atoms with van der Waals surface area (Å²) >= 11 is 0. The summed E-state index contributed by atoms with van der Waals surface area (Å²) in [5.74, 6) is 0.991. The molecule has 0 fully saturated rings. The van der Waals surface area contributed by atoms with E-state index in [2.05, 4.69) is 6.07 Å². The van der Waals surface area contributed by atoms with Gasteiger partial charge in [-0.2, -0.15) is 21.6 Å². The van der Waals surface area contributed by atoms with Crippen molar-refractivity contribution in [2.24, 2.45) is 0 Å². The Kier molecular flexibility index (Phi) is 4.36. The smallest absolute Gasteiger partial charge is 0.465 e. The topological polar surface area (TPSA) is 63.6 Å². The molecule has 0 bridgehead atoms. The number of hydrogen-bond donors (Lipinski definition) is 1. The van der Waals surface area contributed by atoms with Gasteiger partial charge in [0, 0.05) is 0 Å². The summed E-state index contributed by atoms with van der Waals surface area (Å²) in [6.45, 7) is 0. The number of fused-ring (bicyclic) bond motifs is 1. The predicted molar refractivity (Wildman–Crippen MR) is 57.5 cm³/mol. The van der Waals surface area contributed by atoms with E-state index in [0.29, 0.717) is 0 Å². The molecule has 0 radical (unpaired) electrons. The van der Waals surface area contributed by atoms with Crippen molar-refractivity contribution in [2.75, 3.05) is 0 Å². The monoisotopic (exact) mass is 282 g/mol. The van der Waals surface area contributed by atoms with Crippen LogP contribution in [0.5, 0.6) is 5.75 Å². The van der Waals surface area contributed by atoms with E-state index in [1.165, 1.54) is 5.56 Å². The van der Waals surface area contributed by atoms with Crippen molar-refractivity contribution in [1.82, 2.24) is 0 Å². The van der Waals surface area contributed by atoms with Gasteiger partial charge < -0.3 is 4.74 Å². The summed E-state index contributed by atoms with van der Waals surface area (Å²) in [5.41, 5.74) is -4.27. The van der Waals surface area contributed by atoms with Crippen molar-refractivity contribution >= 4 is 10.1 Å². The van der Waals surface area contributed by atoms with E-state index in [4.69, 9.17) is 17.7 Å². The van der Waals surface area contributed by atoms with E-state index in [1.807, 2.05) is 24.3 Å². The molecule has 1 aromatic rings. The largest absolute Gasteiger partial charge is 0.522 e. The van der Waals surface area contributed by atoms with Crippen LogP contribution in [-0.2, 0) is 16.5 Å². The highest BCUT2D eigenvalue weighted by atomic mass is 32.2. The molecule has 0 spiro atoms. The molecular weight excluding hydrogens is 273 g/mol. The van der Waals surface area contributed by atoms with Crippen LogP contribution in [0.3, 0.4) is 0 Å². The molecule has 0 aromatic heterocycles. The van der Waals surface area contributed by atoms with Crippen LogP contribution < -0.4 is 4.74 Å². The van der Waals surface area contributed by atoms with Crippen LogP contribution >= 0.6 is 0 Å². The van der Waals surface area contributed by atoms with Gasteiger partial charge in [0.15, 0.2) is 0 Å². The summed E-state index contributed by atoms with van der Waals surface area (Å²) in [5, 5.41) is 0. The first-order chi connectivity index (χ1) is 8.22. The second-order valence-electron chi connectivity index (χ2n) is 3.22. The Labute approximate surface area is 101 Å². The molecule has 2 rings (SSSR count). The summed E-state index contributed by atoms with van der Waals surface area (Å²) < 4.78 is 62.8. The summed E-state index contributed by atoms with van der Waals surface area (Å²) in [4.78, 5) is 0. The number of allylic oxidation sites excluding steroid dienone is 1. The lowest BCUT2D eigenvalue weighted by Gasteiger charge is -2.09. The van der Waals surface area contributed by atoms with Gasteiger partial charge in [-0.15, -0.1) is 0 Å². The number of hydrogen-bond acceptors (Lipinski definition) is 3. The summed E-state index contributed by atoms with van der Waals surface area (Å²) in [6.07, 6.45) is 4.75. The summed E-state index contributed by atoms with van der Waals surface area (Å²) in [6, 6.07) is 8.08. The molecule has 8 heteroatoms. The second kappa shape index (κ2) is 5.40. The third-order valence-corrected chi connectivity index (χ3v) is 2.48. The maximum atomic E-state index is 10.7. The first kappa shape index (κ1) is 14.5. The fourth-order valence-electron chi connectivity index (χ4n) is 1.08. The standard InChI is InChI=1S/C9H8O.CHF3O3S/c1-2-6-9-8(4-1)5-3-7-10-9;2-1(3,4)8(5,6)7/h1-4,6-7H,5H2;(H,5,6,7). The number of alkyl halides is 3. The van der Waals surface area contributed by atoms with E-state index in [1.54, 1.807) is 6.26 Å². The third kappa shape index (κ3) is 4.04. The lowest BCUT2D eigenvalue weighted by atomic mass is 10.1. The summed E-state index contributed by atoms with van der Waals surface area (Å²) in [7, 11) is -5.84.